The summed E-state index contributed by atoms with van der Waals surface area (Å²) in [6.07, 6.45) is 0.655. The number of carbonyl (C=O) groups excluding carboxylic acids is 1. The Hall–Kier alpha value is -3.15. The number of thiocarbonyl (C=S) groups is 1. The minimum absolute atomic E-state index is 0.0369. The maximum atomic E-state index is 12.8. The van der Waals surface area contributed by atoms with Gasteiger partial charge in [-0.2, -0.15) is 0 Å². The number of nitrogens with one attached hydrogen (secondary N) is 3. The molecule has 0 bridgehead atoms. The Labute approximate surface area is 239 Å². The van der Waals surface area contributed by atoms with E-state index in [1.54, 1.807) is 18.2 Å². The van der Waals surface area contributed by atoms with Crippen LogP contribution in [-0.2, 0) is 21.2 Å². The van der Waals surface area contributed by atoms with Crippen LogP contribution in [0.15, 0.2) is 83.8 Å². The van der Waals surface area contributed by atoms with Gasteiger partial charge in [0.05, 0.1) is 23.3 Å². The van der Waals surface area contributed by atoms with E-state index in [-0.39, 0.29) is 15.7 Å². The van der Waals surface area contributed by atoms with E-state index in [1.807, 2.05) is 30.3 Å². The Bertz CT molecular complexity index is 1560. The Morgan fingerprint density at radius 1 is 0.921 bits per heavy atom. The molecule has 1 aromatic heterocycles. The molecule has 7 nitrogen and oxygen atoms in total. The summed E-state index contributed by atoms with van der Waals surface area (Å²) in [5.74, 6) is -0.478. The van der Waals surface area contributed by atoms with Crippen molar-refractivity contribution in [2.75, 3.05) is 22.5 Å². The largest absolute Gasteiger partial charge is 0.465 e. The van der Waals surface area contributed by atoms with Crippen LogP contribution >= 0.6 is 46.8 Å². The number of rotatable bonds is 8. The molecule has 4 aromatic rings. The fourth-order valence-electron chi connectivity index (χ4n) is 3.49. The lowest BCUT2D eigenvalue weighted by Crippen LogP contribution is -2.20. The molecule has 38 heavy (non-hydrogen) atoms. The second-order valence-corrected chi connectivity index (χ2v) is 12.1. The molecule has 1 heterocycles. The zero-order chi connectivity index (χ0) is 27.3. The third kappa shape index (κ3) is 7.24. The zero-order valence-corrected chi connectivity index (χ0v) is 23.8. The van der Waals surface area contributed by atoms with E-state index in [9.17, 15) is 13.2 Å². The first-order valence-corrected chi connectivity index (χ1v) is 14.5. The van der Waals surface area contributed by atoms with Crippen molar-refractivity contribution < 1.29 is 17.9 Å². The Morgan fingerprint density at radius 3 is 2.21 bits per heavy atom. The number of halogens is 2. The van der Waals surface area contributed by atoms with Crippen LogP contribution < -0.4 is 15.4 Å². The minimum Gasteiger partial charge on any atom is -0.465 e. The molecule has 12 heteroatoms. The number of sulfonamides is 1. The van der Waals surface area contributed by atoms with Gasteiger partial charge in [0.1, 0.15) is 5.00 Å². The highest BCUT2D eigenvalue weighted by Gasteiger charge is 2.19. The molecular formula is C26H21Cl2N3O4S3. The topological polar surface area (TPSA) is 96.5 Å². The van der Waals surface area contributed by atoms with Gasteiger partial charge in [0.25, 0.3) is 10.0 Å². The van der Waals surface area contributed by atoms with Gasteiger partial charge in [0.2, 0.25) is 0 Å². The molecule has 0 saturated heterocycles. The molecule has 3 aromatic carbocycles. The molecule has 4 rings (SSSR count). The van der Waals surface area contributed by atoms with Crippen molar-refractivity contribution >= 4 is 84.2 Å². The molecule has 0 fully saturated rings. The van der Waals surface area contributed by atoms with E-state index in [1.165, 1.54) is 48.8 Å². The van der Waals surface area contributed by atoms with Crippen molar-refractivity contribution in [1.29, 1.82) is 0 Å². The molecule has 0 aliphatic carbocycles. The SMILES string of the molecule is COC(=O)c1cc(Cc2ccccc2)sc1NC(=S)Nc1ccc(S(=O)(=O)Nc2cc(Cl)cc(Cl)c2)cc1. The Morgan fingerprint density at radius 2 is 1.58 bits per heavy atom. The zero-order valence-electron chi connectivity index (χ0n) is 19.8. The summed E-state index contributed by atoms with van der Waals surface area (Å²) in [6, 6.07) is 22.1. The molecule has 0 aliphatic rings. The minimum atomic E-state index is -3.88. The lowest BCUT2D eigenvalue weighted by Gasteiger charge is -2.12. The van der Waals surface area contributed by atoms with Gasteiger partial charge in [-0.25, -0.2) is 13.2 Å². The molecule has 0 spiro atoms. The summed E-state index contributed by atoms with van der Waals surface area (Å²) in [4.78, 5) is 13.3. The highest BCUT2D eigenvalue weighted by Crippen LogP contribution is 2.31. The summed E-state index contributed by atoms with van der Waals surface area (Å²) in [6.45, 7) is 0. The molecule has 0 unspecified atom stereocenters. The molecule has 0 aliphatic heterocycles. The number of ether oxygens (including phenoxy) is 1. The van der Waals surface area contributed by atoms with Gasteiger partial charge in [-0.05, 0) is 66.3 Å². The van der Waals surface area contributed by atoms with Crippen molar-refractivity contribution in [2.45, 2.75) is 11.3 Å². The van der Waals surface area contributed by atoms with Crippen molar-refractivity contribution in [3.05, 3.63) is 105 Å². The second-order valence-electron chi connectivity index (χ2n) is 7.98. The van der Waals surface area contributed by atoms with Crippen molar-refractivity contribution in [1.82, 2.24) is 0 Å². The van der Waals surface area contributed by atoms with Gasteiger partial charge in [0.15, 0.2) is 5.11 Å². The lowest BCUT2D eigenvalue weighted by molar-refractivity contribution is 0.0602. The first-order chi connectivity index (χ1) is 18.1. The lowest BCUT2D eigenvalue weighted by atomic mass is 10.1. The van der Waals surface area contributed by atoms with Gasteiger partial charge < -0.3 is 15.4 Å². The molecule has 0 atom stereocenters. The van der Waals surface area contributed by atoms with Crippen LogP contribution in [0.2, 0.25) is 10.0 Å². The molecule has 196 valence electrons. The average Bonchev–Trinajstić information content (AvgIpc) is 3.25. The average molecular weight is 607 g/mol. The second kappa shape index (κ2) is 12.1. The number of methoxy groups -OCH3 is 1. The maximum absolute atomic E-state index is 12.8. The van der Waals surface area contributed by atoms with E-state index < -0.39 is 16.0 Å². The first-order valence-electron chi connectivity index (χ1n) is 11.0. The van der Waals surface area contributed by atoms with E-state index in [4.69, 9.17) is 40.2 Å². The number of hydrogen-bond donors (Lipinski definition) is 3. The third-order valence-electron chi connectivity index (χ3n) is 5.17. The number of carbonyl (C=O) groups is 1. The highest BCUT2D eigenvalue weighted by molar-refractivity contribution is 7.92. The van der Waals surface area contributed by atoms with Crippen molar-refractivity contribution in [2.24, 2.45) is 0 Å². The van der Waals surface area contributed by atoms with Crippen LogP contribution in [0.5, 0.6) is 0 Å². The number of thiophene rings is 1. The summed E-state index contributed by atoms with van der Waals surface area (Å²) in [7, 11) is -2.55. The van der Waals surface area contributed by atoms with Gasteiger partial charge in [0, 0.05) is 27.0 Å². The Kier molecular flexibility index (Phi) is 8.91. The quantitative estimate of drug-likeness (QED) is 0.146. The van der Waals surface area contributed by atoms with Crippen LogP contribution in [0, 0.1) is 0 Å². The highest BCUT2D eigenvalue weighted by atomic mass is 35.5. The number of esters is 1. The van der Waals surface area contributed by atoms with Crippen molar-refractivity contribution in [3.63, 3.8) is 0 Å². The smallest absolute Gasteiger partial charge is 0.340 e. The van der Waals surface area contributed by atoms with Crippen LogP contribution in [0.4, 0.5) is 16.4 Å². The molecular weight excluding hydrogens is 585 g/mol. The predicted octanol–water partition coefficient (Wildman–Crippen LogP) is 7.04. The number of hydrogen-bond acceptors (Lipinski definition) is 6. The maximum Gasteiger partial charge on any atom is 0.340 e. The Balaban J connectivity index is 1.44. The van der Waals surface area contributed by atoms with Gasteiger partial charge in [-0.1, -0.05) is 53.5 Å². The van der Waals surface area contributed by atoms with Crippen LogP contribution in [-0.4, -0.2) is 26.6 Å². The normalized spacial score (nSPS) is 11.0. The van der Waals surface area contributed by atoms with E-state index in [2.05, 4.69) is 15.4 Å². The third-order valence-corrected chi connectivity index (χ3v) is 8.26. The molecule has 0 amide bonds. The first kappa shape index (κ1) is 27.9. The van der Waals surface area contributed by atoms with E-state index in [0.717, 1.165) is 10.4 Å². The fourth-order valence-corrected chi connectivity index (χ4v) is 6.42. The summed E-state index contributed by atoms with van der Waals surface area (Å²) >= 11 is 18.7. The fraction of sp³-hybridized carbons (Fsp3) is 0.0769. The van der Waals surface area contributed by atoms with Gasteiger partial charge in [-0.3, -0.25) is 4.72 Å². The van der Waals surface area contributed by atoms with Crippen molar-refractivity contribution in [3.8, 4) is 0 Å². The number of benzene rings is 3. The van der Waals surface area contributed by atoms with Crippen LogP contribution in [0.1, 0.15) is 20.8 Å². The molecule has 3 N–H and O–H groups in total. The molecule has 0 saturated carbocycles. The summed E-state index contributed by atoms with van der Waals surface area (Å²) < 4.78 is 32.9. The van der Waals surface area contributed by atoms with Crippen LogP contribution in [0.3, 0.4) is 0 Å². The van der Waals surface area contributed by atoms with Gasteiger partial charge >= 0.3 is 5.97 Å². The van der Waals surface area contributed by atoms with Gasteiger partial charge in [-0.15, -0.1) is 11.3 Å². The summed E-state index contributed by atoms with van der Waals surface area (Å²) in [5, 5.41) is 7.44. The molecule has 0 radical (unpaired) electrons. The standard InChI is InChI=1S/C26H21Cl2N3O4S3/c1-35-25(32)23-15-21(11-16-5-3-2-4-6-16)37-24(23)30-26(36)29-19-7-9-22(10-8-19)38(33,34)31-20-13-17(27)12-18(28)14-20/h2-10,12-15,31H,11H2,1H3,(H2,29,30,36). The van der Waals surface area contributed by atoms with E-state index >= 15 is 0 Å². The predicted molar refractivity (Wildman–Crippen MR) is 158 cm³/mol. The number of anilines is 3. The summed E-state index contributed by atoms with van der Waals surface area (Å²) in [5.41, 5.74) is 2.29. The van der Waals surface area contributed by atoms with E-state index in [0.29, 0.717) is 32.7 Å². The van der Waals surface area contributed by atoms with Crippen LogP contribution in [0.25, 0.3) is 0 Å². The monoisotopic (exact) mass is 605 g/mol.